The van der Waals surface area contributed by atoms with E-state index in [0.29, 0.717) is 12.6 Å². The number of nitrogens with zero attached hydrogens (tertiary/aromatic N) is 1. The molecule has 0 unspecified atom stereocenters. The Bertz CT molecular complexity index is 458. The summed E-state index contributed by atoms with van der Waals surface area (Å²) in [7, 11) is 0. The third-order valence-electron chi connectivity index (χ3n) is 3.50. The molecule has 1 amide bonds. The molecule has 4 nitrogen and oxygen atoms in total. The minimum absolute atomic E-state index is 0.160. The van der Waals surface area contributed by atoms with E-state index in [1.807, 2.05) is 42.6 Å². The van der Waals surface area contributed by atoms with Gasteiger partial charge in [-0.3, -0.25) is 4.90 Å². The van der Waals surface area contributed by atoms with Crippen LogP contribution in [0.5, 0.6) is 0 Å². The van der Waals surface area contributed by atoms with Crippen LogP contribution in [-0.2, 0) is 11.3 Å². The van der Waals surface area contributed by atoms with Crippen molar-refractivity contribution < 1.29 is 9.53 Å². The van der Waals surface area contributed by atoms with E-state index in [0.717, 1.165) is 18.5 Å². The van der Waals surface area contributed by atoms with Crippen LogP contribution in [0.25, 0.3) is 0 Å². The van der Waals surface area contributed by atoms with Gasteiger partial charge in [-0.1, -0.05) is 30.3 Å². The molecule has 2 atom stereocenters. The van der Waals surface area contributed by atoms with Crippen molar-refractivity contribution in [1.29, 1.82) is 0 Å². The molecule has 1 aromatic carbocycles. The van der Waals surface area contributed by atoms with Gasteiger partial charge in [0.2, 0.25) is 0 Å². The first kappa shape index (κ1) is 11.1. The van der Waals surface area contributed by atoms with E-state index < -0.39 is 0 Å². The lowest BCUT2D eigenvalue weighted by atomic mass is 10.2. The Morgan fingerprint density at radius 1 is 1.39 bits per heavy atom. The van der Waals surface area contributed by atoms with Crippen LogP contribution in [0.4, 0.5) is 4.79 Å². The maximum Gasteiger partial charge on any atom is 0.410 e. The van der Waals surface area contributed by atoms with Gasteiger partial charge in [0.05, 0.1) is 12.1 Å². The van der Waals surface area contributed by atoms with Crippen molar-refractivity contribution in [3.05, 3.63) is 48.2 Å². The second kappa shape index (κ2) is 4.72. The van der Waals surface area contributed by atoms with Gasteiger partial charge in [-0.25, -0.2) is 4.79 Å². The molecule has 0 spiro atoms. The van der Waals surface area contributed by atoms with Crippen molar-refractivity contribution in [2.75, 3.05) is 6.54 Å². The van der Waals surface area contributed by atoms with E-state index >= 15 is 0 Å². The summed E-state index contributed by atoms with van der Waals surface area (Å²) in [5, 5.41) is 3.25. The third kappa shape index (κ3) is 2.06. The molecule has 18 heavy (non-hydrogen) atoms. The first-order chi connectivity index (χ1) is 8.84. The molecule has 2 heterocycles. The third-order valence-corrected chi connectivity index (χ3v) is 3.50. The quantitative estimate of drug-likeness (QED) is 0.863. The van der Waals surface area contributed by atoms with Crippen LogP contribution in [0, 0.1) is 0 Å². The molecule has 94 valence electrons. The summed E-state index contributed by atoms with van der Waals surface area (Å²) in [6, 6.07) is 10.3. The monoisotopic (exact) mass is 244 g/mol. The van der Waals surface area contributed by atoms with Crippen LogP contribution in [0.3, 0.4) is 0 Å². The highest BCUT2D eigenvalue weighted by Crippen LogP contribution is 2.23. The minimum Gasteiger partial charge on any atom is -0.445 e. The topological polar surface area (TPSA) is 41.6 Å². The summed E-state index contributed by atoms with van der Waals surface area (Å²) in [5.74, 6) is 0. The highest BCUT2D eigenvalue weighted by atomic mass is 16.6. The largest absolute Gasteiger partial charge is 0.445 e. The van der Waals surface area contributed by atoms with E-state index in [1.54, 1.807) is 4.90 Å². The normalized spacial score (nSPS) is 24.8. The Balaban J connectivity index is 1.57. The SMILES string of the molecule is O=C(OCc1ccccc1)N1CC[C@H]2NC=C[C@H]21. The number of rotatable bonds is 2. The fourth-order valence-corrected chi connectivity index (χ4v) is 2.53. The molecule has 3 rings (SSSR count). The van der Waals surface area contributed by atoms with Crippen molar-refractivity contribution in [3.8, 4) is 0 Å². The van der Waals surface area contributed by atoms with E-state index in [2.05, 4.69) is 5.32 Å². The van der Waals surface area contributed by atoms with Crippen molar-refractivity contribution in [3.63, 3.8) is 0 Å². The maximum absolute atomic E-state index is 12.0. The second-order valence-electron chi connectivity index (χ2n) is 4.65. The molecule has 4 heteroatoms. The Morgan fingerprint density at radius 2 is 2.22 bits per heavy atom. The fourth-order valence-electron chi connectivity index (χ4n) is 2.53. The van der Waals surface area contributed by atoms with E-state index in [9.17, 15) is 4.79 Å². The summed E-state index contributed by atoms with van der Waals surface area (Å²) in [6.07, 6.45) is 4.71. The number of likely N-dealkylation sites (tertiary alicyclic amines) is 1. The van der Waals surface area contributed by atoms with Gasteiger partial charge >= 0.3 is 6.09 Å². The molecule has 0 saturated carbocycles. The molecule has 2 aliphatic heterocycles. The predicted molar refractivity (Wildman–Crippen MR) is 67.8 cm³/mol. The summed E-state index contributed by atoms with van der Waals surface area (Å²) >= 11 is 0. The number of nitrogens with one attached hydrogen (secondary N) is 1. The highest BCUT2D eigenvalue weighted by molar-refractivity contribution is 5.69. The van der Waals surface area contributed by atoms with Crippen molar-refractivity contribution in [2.24, 2.45) is 0 Å². The highest BCUT2D eigenvalue weighted by Gasteiger charge is 2.38. The Kier molecular flexibility index (Phi) is 2.92. The van der Waals surface area contributed by atoms with Crippen LogP contribution < -0.4 is 5.32 Å². The standard InChI is InChI=1S/C14H16N2O2/c17-14(18-10-11-4-2-1-3-5-11)16-9-7-12-13(16)6-8-15-12/h1-6,8,12-13,15H,7,9-10H2/t12-,13-/m1/s1. The molecule has 0 aliphatic carbocycles. The first-order valence-electron chi connectivity index (χ1n) is 6.24. The van der Waals surface area contributed by atoms with Crippen LogP contribution >= 0.6 is 0 Å². The van der Waals surface area contributed by atoms with Gasteiger partial charge in [0.1, 0.15) is 6.61 Å². The number of hydrogen-bond donors (Lipinski definition) is 1. The zero-order valence-corrected chi connectivity index (χ0v) is 10.1. The summed E-state index contributed by atoms with van der Waals surface area (Å²) in [5.41, 5.74) is 1.02. The average molecular weight is 244 g/mol. The molecule has 1 aromatic rings. The van der Waals surface area contributed by atoms with Gasteiger partial charge in [-0.2, -0.15) is 0 Å². The minimum atomic E-state index is -0.222. The van der Waals surface area contributed by atoms with Gasteiger partial charge in [-0.15, -0.1) is 0 Å². The number of carbonyl (C=O) groups excluding carboxylic acids is 1. The van der Waals surface area contributed by atoms with E-state index in [1.165, 1.54) is 0 Å². The second-order valence-corrected chi connectivity index (χ2v) is 4.65. The lowest BCUT2D eigenvalue weighted by molar-refractivity contribution is 0.0970. The zero-order chi connectivity index (χ0) is 12.4. The predicted octanol–water partition coefficient (Wildman–Crippen LogP) is 1.88. The van der Waals surface area contributed by atoms with E-state index in [-0.39, 0.29) is 12.1 Å². The van der Waals surface area contributed by atoms with Gasteiger partial charge in [0.15, 0.2) is 0 Å². The molecule has 2 aliphatic rings. The smallest absolute Gasteiger partial charge is 0.410 e. The molecule has 0 radical (unpaired) electrons. The van der Waals surface area contributed by atoms with Gasteiger partial charge in [0.25, 0.3) is 0 Å². The number of fused-ring (bicyclic) bond motifs is 1. The number of amides is 1. The summed E-state index contributed by atoms with van der Waals surface area (Å²) in [4.78, 5) is 13.8. The Morgan fingerprint density at radius 3 is 3.06 bits per heavy atom. The number of hydrogen-bond acceptors (Lipinski definition) is 3. The molecular formula is C14H16N2O2. The van der Waals surface area contributed by atoms with Gasteiger partial charge < -0.3 is 10.1 Å². The van der Waals surface area contributed by atoms with Crippen LogP contribution in [-0.4, -0.2) is 29.6 Å². The molecule has 1 saturated heterocycles. The number of carbonyl (C=O) groups is 1. The molecular weight excluding hydrogens is 228 g/mol. The maximum atomic E-state index is 12.0. The zero-order valence-electron chi connectivity index (χ0n) is 10.1. The molecule has 0 bridgehead atoms. The summed E-state index contributed by atoms with van der Waals surface area (Å²) < 4.78 is 5.35. The molecule has 1 fully saturated rings. The van der Waals surface area contributed by atoms with Gasteiger partial charge in [-0.05, 0) is 24.3 Å². The van der Waals surface area contributed by atoms with Crippen molar-refractivity contribution >= 4 is 6.09 Å². The number of benzene rings is 1. The van der Waals surface area contributed by atoms with E-state index in [4.69, 9.17) is 4.74 Å². The molecule has 1 N–H and O–H groups in total. The molecule has 0 aromatic heterocycles. The average Bonchev–Trinajstić information content (AvgIpc) is 2.99. The fraction of sp³-hybridized carbons (Fsp3) is 0.357. The first-order valence-corrected chi connectivity index (χ1v) is 6.24. The Labute approximate surface area is 106 Å². The summed E-state index contributed by atoms with van der Waals surface area (Å²) in [6.45, 7) is 1.10. The number of ether oxygens (including phenoxy) is 1. The van der Waals surface area contributed by atoms with Crippen LogP contribution in [0.1, 0.15) is 12.0 Å². The van der Waals surface area contributed by atoms with Crippen LogP contribution in [0.15, 0.2) is 42.6 Å². The van der Waals surface area contributed by atoms with Crippen molar-refractivity contribution in [1.82, 2.24) is 10.2 Å². The lowest BCUT2D eigenvalue weighted by Crippen LogP contribution is -2.39. The lowest BCUT2D eigenvalue weighted by Gasteiger charge is -2.21. The Hall–Kier alpha value is -1.97. The van der Waals surface area contributed by atoms with Gasteiger partial charge in [0, 0.05) is 6.54 Å². The van der Waals surface area contributed by atoms with Crippen LogP contribution in [0.2, 0.25) is 0 Å². The van der Waals surface area contributed by atoms with Crippen molar-refractivity contribution in [2.45, 2.75) is 25.1 Å².